The predicted octanol–water partition coefficient (Wildman–Crippen LogP) is 3.37. The summed E-state index contributed by atoms with van der Waals surface area (Å²) in [5.41, 5.74) is -2.71. The smallest absolute Gasteiger partial charge is 0.301 e. The molecule has 1 aromatic heterocycles. The lowest BCUT2D eigenvalue weighted by Gasteiger charge is -2.09. The maximum atomic E-state index is 11.5. The quantitative estimate of drug-likeness (QED) is 0.289. The summed E-state index contributed by atoms with van der Waals surface area (Å²) in [6, 6.07) is 5.71. The molecule has 32 heavy (non-hydrogen) atoms. The summed E-state index contributed by atoms with van der Waals surface area (Å²) in [5, 5.41) is 51.6. The van der Waals surface area contributed by atoms with Crippen LogP contribution in [0.2, 0.25) is 0 Å². The molecule has 3 rings (SSSR count). The minimum Gasteiger partial charge on any atom is -0.318 e. The van der Waals surface area contributed by atoms with Crippen molar-refractivity contribution in [3.05, 3.63) is 76.9 Å². The highest BCUT2D eigenvalue weighted by molar-refractivity contribution is 7.98. The maximum absolute atomic E-state index is 11.5. The number of anilines is 2. The topological polar surface area (TPSA) is 215 Å². The number of non-ortho nitro benzene ring substituents is 2. The molecule has 16 nitrogen and oxygen atoms in total. The number of nitro groups is 4. The monoisotopic (exact) mass is 462 g/mol. The van der Waals surface area contributed by atoms with E-state index in [-0.39, 0.29) is 22.5 Å². The van der Waals surface area contributed by atoms with Crippen LogP contribution in [0.25, 0.3) is 5.69 Å². The summed E-state index contributed by atoms with van der Waals surface area (Å²) >= 11 is 1.06. The molecule has 164 valence electrons. The van der Waals surface area contributed by atoms with E-state index in [1.807, 2.05) is 0 Å². The van der Waals surface area contributed by atoms with Gasteiger partial charge >= 0.3 is 5.69 Å². The molecule has 0 aliphatic rings. The van der Waals surface area contributed by atoms with Gasteiger partial charge in [-0.2, -0.15) is 9.67 Å². The van der Waals surface area contributed by atoms with Crippen LogP contribution in [-0.2, 0) is 0 Å². The van der Waals surface area contributed by atoms with Gasteiger partial charge in [0.05, 0.1) is 31.8 Å². The second-order valence-electron chi connectivity index (χ2n) is 5.86. The second kappa shape index (κ2) is 8.60. The van der Waals surface area contributed by atoms with Crippen molar-refractivity contribution in [2.75, 3.05) is 11.6 Å². The highest BCUT2D eigenvalue weighted by Gasteiger charge is 2.26. The molecule has 0 bridgehead atoms. The van der Waals surface area contributed by atoms with Gasteiger partial charge in [0.25, 0.3) is 17.1 Å². The molecule has 0 saturated carbocycles. The Kier molecular flexibility index (Phi) is 5.92. The number of nitrogens with zero attached hydrogens (tertiary/aromatic N) is 7. The zero-order valence-electron chi connectivity index (χ0n) is 15.8. The number of nitrogens with one attached hydrogen (secondary N) is 1. The van der Waals surface area contributed by atoms with Crippen LogP contribution in [0, 0.1) is 40.5 Å². The molecule has 2 aromatic carbocycles. The summed E-state index contributed by atoms with van der Waals surface area (Å²) in [6.07, 6.45) is 1.61. The van der Waals surface area contributed by atoms with Crippen LogP contribution < -0.4 is 5.32 Å². The molecule has 0 radical (unpaired) electrons. The van der Waals surface area contributed by atoms with Crippen LogP contribution in [-0.4, -0.2) is 40.7 Å². The van der Waals surface area contributed by atoms with Crippen molar-refractivity contribution in [1.82, 2.24) is 14.8 Å². The van der Waals surface area contributed by atoms with Crippen LogP contribution in [0.4, 0.5) is 34.4 Å². The molecule has 0 fully saturated rings. The molecule has 1 N–H and O–H groups in total. The van der Waals surface area contributed by atoms with Gasteiger partial charge < -0.3 is 5.32 Å². The van der Waals surface area contributed by atoms with Crippen LogP contribution >= 0.6 is 11.8 Å². The van der Waals surface area contributed by atoms with Crippen molar-refractivity contribution >= 4 is 46.1 Å². The zero-order chi connectivity index (χ0) is 23.6. The first-order valence-corrected chi connectivity index (χ1v) is 9.49. The summed E-state index contributed by atoms with van der Waals surface area (Å²) in [6.45, 7) is 0. The van der Waals surface area contributed by atoms with E-state index in [2.05, 4.69) is 15.4 Å². The van der Waals surface area contributed by atoms with Gasteiger partial charge in [-0.1, -0.05) is 11.8 Å². The highest BCUT2D eigenvalue weighted by atomic mass is 32.2. The van der Waals surface area contributed by atoms with Crippen molar-refractivity contribution < 1.29 is 19.7 Å². The number of aromatic nitrogens is 3. The van der Waals surface area contributed by atoms with Crippen molar-refractivity contribution in [2.45, 2.75) is 5.16 Å². The molecular weight excluding hydrogens is 452 g/mol. The van der Waals surface area contributed by atoms with Gasteiger partial charge in [0, 0.05) is 12.1 Å². The Morgan fingerprint density at radius 1 is 0.844 bits per heavy atom. The normalized spacial score (nSPS) is 10.5. The standard InChI is InChI=1S/C15H10N8O8S/c1-32-15-17-14(16-10-4-2-8(20(24)25)6-12(10)22(28)29)19(18-15)11-5-3-9(21(26)27)7-13(11)23(30)31/h2-7H,1H3,(H,16,17,18). The first-order valence-electron chi connectivity index (χ1n) is 8.26. The fourth-order valence-corrected chi connectivity index (χ4v) is 2.93. The van der Waals surface area contributed by atoms with E-state index in [1.165, 1.54) is 0 Å². The third-order valence-electron chi connectivity index (χ3n) is 4.00. The van der Waals surface area contributed by atoms with Gasteiger partial charge in [-0.05, 0) is 18.4 Å². The Hall–Kier alpha value is -4.67. The fourth-order valence-electron chi connectivity index (χ4n) is 2.59. The number of rotatable bonds is 8. The molecule has 0 aliphatic carbocycles. The lowest BCUT2D eigenvalue weighted by atomic mass is 10.2. The van der Waals surface area contributed by atoms with Crippen LogP contribution in [0.3, 0.4) is 0 Å². The summed E-state index contributed by atoms with van der Waals surface area (Å²) in [7, 11) is 0. The Morgan fingerprint density at radius 3 is 1.94 bits per heavy atom. The van der Waals surface area contributed by atoms with Gasteiger partial charge in [-0.25, -0.2) is 0 Å². The van der Waals surface area contributed by atoms with E-state index >= 15 is 0 Å². The largest absolute Gasteiger partial charge is 0.318 e. The molecule has 17 heteroatoms. The molecule has 3 aromatic rings. The third-order valence-corrected chi connectivity index (χ3v) is 4.54. The van der Waals surface area contributed by atoms with E-state index in [9.17, 15) is 40.5 Å². The van der Waals surface area contributed by atoms with E-state index in [0.29, 0.717) is 0 Å². The summed E-state index contributed by atoms with van der Waals surface area (Å²) in [4.78, 5) is 45.6. The first-order chi connectivity index (χ1) is 15.1. The van der Waals surface area contributed by atoms with Crippen molar-refractivity contribution in [1.29, 1.82) is 0 Å². The molecule has 0 aliphatic heterocycles. The summed E-state index contributed by atoms with van der Waals surface area (Å²) in [5.74, 6) is -0.191. The molecule has 0 unspecified atom stereocenters. The van der Waals surface area contributed by atoms with Crippen molar-refractivity contribution in [2.24, 2.45) is 0 Å². The molecule has 0 spiro atoms. The van der Waals surface area contributed by atoms with E-state index in [1.54, 1.807) is 6.26 Å². The highest BCUT2D eigenvalue weighted by Crippen LogP contribution is 2.34. The minimum absolute atomic E-state index is 0.129. The molecule has 0 atom stereocenters. The SMILES string of the molecule is CSc1nc(Nc2ccc([N+](=O)[O-])cc2[N+](=O)[O-])n(-c2ccc([N+](=O)[O-])cc2[N+](=O)[O-])n1. The molecule has 1 heterocycles. The number of benzene rings is 2. The minimum atomic E-state index is -0.847. The molecular formula is C15H10N8O8S. The van der Waals surface area contributed by atoms with Crippen LogP contribution in [0.1, 0.15) is 0 Å². The number of nitro benzene ring substituents is 4. The van der Waals surface area contributed by atoms with Crippen LogP contribution in [0.5, 0.6) is 0 Å². The van der Waals surface area contributed by atoms with E-state index in [0.717, 1.165) is 52.8 Å². The Bertz CT molecular complexity index is 1280. The lowest BCUT2D eigenvalue weighted by Crippen LogP contribution is -2.08. The van der Waals surface area contributed by atoms with Crippen LogP contribution in [0.15, 0.2) is 41.6 Å². The Morgan fingerprint density at radius 2 is 1.41 bits per heavy atom. The third kappa shape index (κ3) is 4.26. The van der Waals surface area contributed by atoms with Gasteiger partial charge in [0.2, 0.25) is 11.1 Å². The Labute approximate surface area is 180 Å². The van der Waals surface area contributed by atoms with Gasteiger partial charge in [0.15, 0.2) is 0 Å². The number of hydrogen-bond donors (Lipinski definition) is 1. The Balaban J connectivity index is 2.16. The zero-order valence-corrected chi connectivity index (χ0v) is 16.6. The van der Waals surface area contributed by atoms with Gasteiger partial charge in [-0.3, -0.25) is 40.5 Å². The fraction of sp³-hybridized carbons (Fsp3) is 0.0667. The van der Waals surface area contributed by atoms with E-state index < -0.39 is 42.4 Å². The van der Waals surface area contributed by atoms with E-state index in [4.69, 9.17) is 0 Å². The van der Waals surface area contributed by atoms with Crippen molar-refractivity contribution in [3.8, 4) is 5.69 Å². The number of thioether (sulfide) groups is 1. The van der Waals surface area contributed by atoms with Crippen molar-refractivity contribution in [3.63, 3.8) is 0 Å². The average molecular weight is 462 g/mol. The van der Waals surface area contributed by atoms with Gasteiger partial charge in [-0.15, -0.1) is 5.10 Å². The van der Waals surface area contributed by atoms with Gasteiger partial charge in [0.1, 0.15) is 11.4 Å². The summed E-state index contributed by atoms with van der Waals surface area (Å²) < 4.78 is 0.957. The number of hydrogen-bond acceptors (Lipinski definition) is 12. The second-order valence-corrected chi connectivity index (χ2v) is 6.64. The maximum Gasteiger partial charge on any atom is 0.301 e. The predicted molar refractivity (Wildman–Crippen MR) is 109 cm³/mol. The average Bonchev–Trinajstić information content (AvgIpc) is 3.15. The molecule has 0 amide bonds. The first kappa shape index (κ1) is 22.0. The lowest BCUT2D eigenvalue weighted by molar-refractivity contribution is -0.394. The molecule has 0 saturated heterocycles.